The van der Waals surface area contributed by atoms with Gasteiger partial charge in [0.05, 0.1) is 33.8 Å². The van der Waals surface area contributed by atoms with E-state index in [9.17, 15) is 0 Å². The highest BCUT2D eigenvalue weighted by atomic mass is 16.5. The number of aromatic nitrogens is 4. The predicted molar refractivity (Wildman–Crippen MR) is 317 cm³/mol. The minimum Gasteiger partial charge on any atom is -0.458 e. The topological polar surface area (TPSA) is 35.9 Å². The van der Waals surface area contributed by atoms with E-state index >= 15 is 0 Å². The number of pyridine rings is 1. The Morgan fingerprint density at radius 2 is 0.921 bits per heavy atom. The molecule has 0 unspecified atom stereocenters. The summed E-state index contributed by atoms with van der Waals surface area (Å²) < 4.78 is 14.0. The SMILES string of the molecule is CC(C)(C)c1ccc2c3ccc(Oc4cccc(-n5[c-][n+](-c6cc(C(C)(C)c7ccccc7)cc(C(C)(C)c7ccccc7)c6)c(C(C)(C)C)c5C(C)(C)C)c4)cc3n(-c3cc(C(C)(C)c4ccccc4)ccn3)c2c1. The zero-order valence-corrected chi connectivity index (χ0v) is 47.6. The Labute approximate surface area is 452 Å². The van der Waals surface area contributed by atoms with Crippen LogP contribution in [0.25, 0.3) is 39.0 Å². The summed E-state index contributed by atoms with van der Waals surface area (Å²) in [4.78, 5) is 5.09. The van der Waals surface area contributed by atoms with E-state index in [0.717, 1.165) is 45.1 Å². The van der Waals surface area contributed by atoms with E-state index in [2.05, 4.69) is 306 Å². The van der Waals surface area contributed by atoms with Gasteiger partial charge in [-0.3, -0.25) is 13.7 Å². The molecule has 5 nitrogen and oxygen atoms in total. The van der Waals surface area contributed by atoms with Crippen molar-refractivity contribution in [2.24, 2.45) is 0 Å². The quantitative estimate of drug-likeness (QED) is 0.0956. The predicted octanol–water partition coefficient (Wildman–Crippen LogP) is 17.7. The Bertz CT molecular complexity index is 3670. The van der Waals surface area contributed by atoms with Crippen LogP contribution in [0.2, 0.25) is 0 Å². The van der Waals surface area contributed by atoms with Gasteiger partial charge in [-0.25, -0.2) is 4.98 Å². The van der Waals surface area contributed by atoms with E-state index in [1.165, 1.54) is 55.7 Å². The molecule has 0 bridgehead atoms. The molecule has 0 saturated heterocycles. The molecule has 5 heteroatoms. The van der Waals surface area contributed by atoms with Gasteiger partial charge < -0.3 is 4.74 Å². The second-order valence-electron chi connectivity index (χ2n) is 25.7. The zero-order valence-electron chi connectivity index (χ0n) is 47.6. The van der Waals surface area contributed by atoms with Gasteiger partial charge in [-0.05, 0) is 116 Å². The molecule has 0 aliphatic carbocycles. The van der Waals surface area contributed by atoms with Gasteiger partial charge in [0, 0.05) is 39.3 Å². The minimum absolute atomic E-state index is 0.0399. The smallest absolute Gasteiger partial charge is 0.269 e. The van der Waals surface area contributed by atoms with Crippen molar-refractivity contribution in [3.63, 3.8) is 0 Å². The molecule has 3 aromatic heterocycles. The second kappa shape index (κ2) is 19.0. The van der Waals surface area contributed by atoms with Crippen LogP contribution in [-0.4, -0.2) is 14.1 Å². The van der Waals surface area contributed by atoms with Crippen molar-refractivity contribution in [2.45, 2.75) is 136 Å². The molecule has 0 aliphatic rings. The highest BCUT2D eigenvalue weighted by molar-refractivity contribution is 6.09. The van der Waals surface area contributed by atoms with Gasteiger partial charge >= 0.3 is 0 Å². The van der Waals surface area contributed by atoms with E-state index in [1.807, 2.05) is 6.20 Å². The lowest BCUT2D eigenvalue weighted by Crippen LogP contribution is -2.41. The Morgan fingerprint density at radius 3 is 1.45 bits per heavy atom. The molecule has 0 amide bonds. The molecular weight excluding hydrogens is 925 g/mol. The summed E-state index contributed by atoms with van der Waals surface area (Å²) in [5.74, 6) is 2.36. The third-order valence-electron chi connectivity index (χ3n) is 16.0. The van der Waals surface area contributed by atoms with Crippen LogP contribution in [0.15, 0.2) is 188 Å². The van der Waals surface area contributed by atoms with Gasteiger partial charge in [0.25, 0.3) is 6.33 Å². The summed E-state index contributed by atoms with van der Waals surface area (Å²) in [6.07, 6.45) is 5.95. The van der Waals surface area contributed by atoms with Gasteiger partial charge in [-0.15, -0.1) is 0 Å². The van der Waals surface area contributed by atoms with Gasteiger partial charge in [0.15, 0.2) is 0 Å². The molecular formula is C71H76N4O. The Morgan fingerprint density at radius 1 is 0.408 bits per heavy atom. The lowest BCUT2D eigenvalue weighted by atomic mass is 9.73. The Hall–Kier alpha value is -7.50. The summed E-state index contributed by atoms with van der Waals surface area (Å²) in [5, 5.41) is 2.32. The molecule has 0 aliphatic heterocycles. The van der Waals surface area contributed by atoms with E-state index in [1.54, 1.807) is 0 Å². The number of ether oxygens (including phenoxy) is 1. The Balaban J connectivity index is 1.11. The molecule has 0 saturated carbocycles. The minimum atomic E-state index is -0.283. The van der Waals surface area contributed by atoms with Gasteiger partial charge in [-0.1, -0.05) is 219 Å². The molecule has 10 rings (SSSR count). The molecule has 3 heterocycles. The first kappa shape index (κ1) is 52.0. The number of hydrogen-bond donors (Lipinski definition) is 0. The van der Waals surface area contributed by atoms with Crippen molar-refractivity contribution in [1.29, 1.82) is 0 Å². The van der Waals surface area contributed by atoms with Crippen molar-refractivity contribution < 1.29 is 9.30 Å². The second-order valence-corrected chi connectivity index (χ2v) is 25.7. The zero-order chi connectivity index (χ0) is 54.2. The fourth-order valence-corrected chi connectivity index (χ4v) is 11.2. The average Bonchev–Trinajstić information content (AvgIpc) is 3.97. The van der Waals surface area contributed by atoms with Crippen molar-refractivity contribution in [3.05, 3.63) is 245 Å². The maximum Gasteiger partial charge on any atom is 0.269 e. The standard InChI is InChI=1S/C71H76N4O/c1-66(2,3)51-34-36-59-60-37-35-58(46-62(60)75(61(59)43-51)63-44-52(38-39-72-63)69(10,11)48-26-19-16-20-27-48)76-57-33-25-32-55(45-57)73-47-74(65(68(7,8)9)64(73)67(4,5)6)56-41-53(70(12,13)49-28-21-17-22-29-49)40-54(42-56)71(14,15)50-30-23-18-24-31-50/h16-46H,1-15H3. The molecule has 0 radical (unpaired) electrons. The normalized spacial score (nSPS) is 12.9. The number of nitrogens with zero attached hydrogens (tertiary/aromatic N) is 4. The largest absolute Gasteiger partial charge is 0.458 e. The lowest BCUT2D eigenvalue weighted by molar-refractivity contribution is -0.611. The summed E-state index contributed by atoms with van der Waals surface area (Å²) in [6, 6.07) is 66.1. The van der Waals surface area contributed by atoms with Crippen molar-refractivity contribution >= 4 is 21.8 Å². The first-order chi connectivity index (χ1) is 35.8. The van der Waals surface area contributed by atoms with Crippen LogP contribution in [0.3, 0.4) is 0 Å². The Kier molecular flexibility index (Phi) is 13.0. The molecule has 0 atom stereocenters. The molecule has 0 spiro atoms. The number of hydrogen-bond acceptors (Lipinski definition) is 2. The average molecular weight is 1000 g/mol. The molecule has 7 aromatic carbocycles. The molecule has 386 valence electrons. The maximum absolute atomic E-state index is 6.99. The highest BCUT2D eigenvalue weighted by Gasteiger charge is 2.36. The van der Waals surface area contributed by atoms with Crippen LogP contribution >= 0.6 is 0 Å². The van der Waals surface area contributed by atoms with E-state index in [4.69, 9.17) is 9.72 Å². The summed E-state index contributed by atoms with van der Waals surface area (Å²) in [7, 11) is 0. The third-order valence-corrected chi connectivity index (χ3v) is 16.0. The highest BCUT2D eigenvalue weighted by Crippen LogP contribution is 2.42. The maximum atomic E-state index is 6.99. The number of rotatable bonds is 11. The lowest BCUT2D eigenvalue weighted by Gasteiger charge is -2.33. The van der Waals surface area contributed by atoms with Crippen LogP contribution in [0.1, 0.15) is 154 Å². The first-order valence-electron chi connectivity index (χ1n) is 27.1. The third kappa shape index (κ3) is 9.59. The summed E-state index contributed by atoms with van der Waals surface area (Å²) in [5.41, 5.74) is 14.0. The number of imidazole rings is 1. The monoisotopic (exact) mass is 1000 g/mol. The van der Waals surface area contributed by atoms with Crippen LogP contribution in [-0.2, 0) is 32.5 Å². The van der Waals surface area contributed by atoms with Crippen molar-refractivity contribution in [3.8, 4) is 28.7 Å². The van der Waals surface area contributed by atoms with Gasteiger partial charge in [0.2, 0.25) is 0 Å². The van der Waals surface area contributed by atoms with E-state index < -0.39 is 0 Å². The van der Waals surface area contributed by atoms with Crippen LogP contribution in [0, 0.1) is 6.33 Å². The van der Waals surface area contributed by atoms with Gasteiger partial charge in [0.1, 0.15) is 17.3 Å². The summed E-state index contributed by atoms with van der Waals surface area (Å²) >= 11 is 0. The van der Waals surface area contributed by atoms with Crippen LogP contribution in [0.4, 0.5) is 0 Å². The fraction of sp³-hybridized carbons (Fsp3) is 0.296. The molecule has 0 N–H and O–H groups in total. The number of benzene rings is 7. The first-order valence-corrected chi connectivity index (χ1v) is 27.1. The van der Waals surface area contributed by atoms with E-state index in [0.29, 0.717) is 0 Å². The molecule has 0 fully saturated rings. The fourth-order valence-electron chi connectivity index (χ4n) is 11.2. The van der Waals surface area contributed by atoms with E-state index in [-0.39, 0.29) is 32.5 Å². The van der Waals surface area contributed by atoms with Crippen molar-refractivity contribution in [2.75, 3.05) is 0 Å². The molecule has 76 heavy (non-hydrogen) atoms. The number of fused-ring (bicyclic) bond motifs is 3. The van der Waals surface area contributed by atoms with Crippen LogP contribution in [0.5, 0.6) is 11.5 Å². The summed E-state index contributed by atoms with van der Waals surface area (Å²) in [6.45, 7) is 34.7. The van der Waals surface area contributed by atoms with Gasteiger partial charge in [-0.2, -0.15) is 0 Å². The molecule has 10 aromatic rings. The van der Waals surface area contributed by atoms with Crippen molar-refractivity contribution in [1.82, 2.24) is 14.1 Å². The van der Waals surface area contributed by atoms with Crippen LogP contribution < -0.4 is 9.30 Å².